The van der Waals surface area contributed by atoms with E-state index in [0.717, 1.165) is 29.7 Å². The maximum Gasteiger partial charge on any atom is 0.253 e. The first kappa shape index (κ1) is 22.7. The van der Waals surface area contributed by atoms with E-state index >= 15 is 0 Å². The Balaban J connectivity index is 1.12. The number of benzene rings is 3. The molecule has 0 spiro atoms. The molecule has 1 saturated heterocycles. The van der Waals surface area contributed by atoms with Crippen molar-refractivity contribution in [2.75, 3.05) is 13.1 Å². The second-order valence-electron chi connectivity index (χ2n) is 9.31. The Labute approximate surface area is 212 Å². The maximum atomic E-state index is 13.1. The number of imidazole rings is 1. The molecule has 0 aliphatic carbocycles. The first-order chi connectivity index (χ1) is 18.0. The molecule has 0 bridgehead atoms. The first-order valence-corrected chi connectivity index (χ1v) is 12.2. The van der Waals surface area contributed by atoms with E-state index < -0.39 is 5.91 Å². The summed E-state index contributed by atoms with van der Waals surface area (Å²) in [6, 6.07) is 19.8. The Hall–Kier alpha value is -4.72. The van der Waals surface area contributed by atoms with Gasteiger partial charge in [0.2, 0.25) is 5.78 Å². The highest BCUT2D eigenvalue weighted by Gasteiger charge is 2.31. The van der Waals surface area contributed by atoms with Gasteiger partial charge in [-0.2, -0.15) is 0 Å². The van der Waals surface area contributed by atoms with Gasteiger partial charge >= 0.3 is 0 Å². The molecule has 0 unspecified atom stereocenters. The highest BCUT2D eigenvalue weighted by molar-refractivity contribution is 6.16. The number of hydrogen-bond donors (Lipinski definition) is 2. The number of rotatable bonds is 4. The number of nitrogens with zero attached hydrogens (tertiary/aromatic N) is 2. The number of carbonyl (C=O) groups excluding carboxylic acids is 3. The Morgan fingerprint density at radius 1 is 1.00 bits per heavy atom. The molecule has 0 radical (unpaired) electrons. The molecule has 6 rings (SSSR count). The van der Waals surface area contributed by atoms with E-state index in [1.54, 1.807) is 42.5 Å². The summed E-state index contributed by atoms with van der Waals surface area (Å²) in [6.07, 6.45) is 3.30. The van der Waals surface area contributed by atoms with Gasteiger partial charge in [-0.15, -0.1) is 0 Å². The Bertz CT molecular complexity index is 1540. The lowest BCUT2D eigenvalue weighted by Gasteiger charge is -2.31. The van der Waals surface area contributed by atoms with Gasteiger partial charge in [0, 0.05) is 24.6 Å². The van der Waals surface area contributed by atoms with Gasteiger partial charge < -0.3 is 20.4 Å². The minimum atomic E-state index is -0.657. The highest BCUT2D eigenvalue weighted by Crippen LogP contribution is 2.35. The fraction of sp³-hybridized carbons (Fsp3) is 0.172. The van der Waals surface area contributed by atoms with Gasteiger partial charge in [0.05, 0.1) is 22.2 Å². The summed E-state index contributed by atoms with van der Waals surface area (Å²) in [5.41, 5.74) is 9.16. The Morgan fingerprint density at radius 2 is 1.76 bits per heavy atom. The van der Waals surface area contributed by atoms with Crippen molar-refractivity contribution >= 4 is 34.7 Å². The Kier molecular flexibility index (Phi) is 5.56. The van der Waals surface area contributed by atoms with E-state index in [-0.39, 0.29) is 28.8 Å². The number of likely N-dealkylation sites (tertiary alicyclic amines) is 1. The van der Waals surface area contributed by atoms with Crippen LogP contribution in [0, 0.1) is 0 Å². The van der Waals surface area contributed by atoms with Crippen LogP contribution >= 0.6 is 0 Å². The number of aromatic amines is 1. The van der Waals surface area contributed by atoms with E-state index in [9.17, 15) is 14.4 Å². The van der Waals surface area contributed by atoms with E-state index in [1.807, 2.05) is 29.2 Å². The molecule has 4 aromatic rings. The van der Waals surface area contributed by atoms with Crippen molar-refractivity contribution in [1.29, 1.82) is 0 Å². The number of primary amides is 1. The van der Waals surface area contributed by atoms with Crippen molar-refractivity contribution < 1.29 is 19.1 Å². The molecule has 1 fully saturated rings. The largest absolute Gasteiger partial charge is 0.452 e. The third kappa shape index (κ3) is 4.16. The van der Waals surface area contributed by atoms with Crippen LogP contribution in [-0.4, -0.2) is 45.6 Å². The van der Waals surface area contributed by atoms with Gasteiger partial charge in [-0.25, -0.2) is 4.98 Å². The molecule has 184 valence electrons. The standard InChI is InChI=1S/C29H24N4O4/c30-27(35)21-5-3-4-20-25(34)24(37-26(20)21)16-17-8-10-19(11-9-17)29(36)33-14-12-18(13-15-33)28-31-22-6-1-2-7-23(22)32-28/h1-11,16,18H,12-15H2,(H2,30,35)(H,31,32)/b24-16-. The maximum absolute atomic E-state index is 13.1. The average molecular weight is 493 g/mol. The summed E-state index contributed by atoms with van der Waals surface area (Å²) < 4.78 is 5.68. The number of ether oxygens (including phenoxy) is 1. The summed E-state index contributed by atoms with van der Waals surface area (Å²) in [5.74, 6) is 0.586. The predicted octanol–water partition coefficient (Wildman–Crippen LogP) is 4.30. The number of carbonyl (C=O) groups is 3. The minimum Gasteiger partial charge on any atom is -0.452 e. The zero-order valence-electron chi connectivity index (χ0n) is 19.9. The Morgan fingerprint density at radius 3 is 2.49 bits per heavy atom. The number of ketones is 1. The fourth-order valence-corrected chi connectivity index (χ4v) is 4.98. The summed E-state index contributed by atoms with van der Waals surface area (Å²) in [4.78, 5) is 47.5. The van der Waals surface area contributed by atoms with Gasteiger partial charge in [-0.1, -0.05) is 30.3 Å². The van der Waals surface area contributed by atoms with Crippen LogP contribution in [0.25, 0.3) is 17.1 Å². The number of amides is 2. The normalized spacial score (nSPS) is 16.7. The molecule has 2 aliphatic rings. The number of Topliss-reactive ketones (excluding diaryl/α,β-unsaturated/α-hetero) is 1. The molecule has 1 aromatic heterocycles. The number of allylic oxidation sites excluding steroid dienone is 1. The number of fused-ring (bicyclic) bond motifs is 2. The van der Waals surface area contributed by atoms with Crippen molar-refractivity contribution in [3.8, 4) is 5.75 Å². The molecule has 8 nitrogen and oxygen atoms in total. The zero-order chi connectivity index (χ0) is 25.5. The summed E-state index contributed by atoms with van der Waals surface area (Å²) >= 11 is 0. The molecule has 2 aliphatic heterocycles. The number of piperidine rings is 1. The van der Waals surface area contributed by atoms with Crippen molar-refractivity contribution in [2.45, 2.75) is 18.8 Å². The molecule has 3 aromatic carbocycles. The van der Waals surface area contributed by atoms with E-state index in [0.29, 0.717) is 35.7 Å². The van der Waals surface area contributed by atoms with Crippen molar-refractivity contribution in [3.05, 3.63) is 101 Å². The molecule has 3 heterocycles. The van der Waals surface area contributed by atoms with Gasteiger partial charge in [-0.05, 0) is 60.9 Å². The van der Waals surface area contributed by atoms with Crippen LogP contribution < -0.4 is 10.5 Å². The fourth-order valence-electron chi connectivity index (χ4n) is 4.98. The number of aromatic nitrogens is 2. The lowest BCUT2D eigenvalue weighted by Crippen LogP contribution is -2.38. The van der Waals surface area contributed by atoms with Gasteiger partial charge in [0.15, 0.2) is 11.5 Å². The summed E-state index contributed by atoms with van der Waals surface area (Å²) in [5, 5.41) is 0. The minimum absolute atomic E-state index is 0.0195. The first-order valence-electron chi connectivity index (χ1n) is 12.2. The van der Waals surface area contributed by atoms with Crippen LogP contribution in [0.15, 0.2) is 72.5 Å². The third-order valence-corrected chi connectivity index (χ3v) is 6.99. The predicted molar refractivity (Wildman–Crippen MR) is 138 cm³/mol. The lowest BCUT2D eigenvalue weighted by molar-refractivity contribution is 0.0711. The summed E-state index contributed by atoms with van der Waals surface area (Å²) in [6.45, 7) is 1.32. The van der Waals surface area contributed by atoms with Crippen LogP contribution in [0.3, 0.4) is 0 Å². The number of nitrogens with one attached hydrogen (secondary N) is 1. The van der Waals surface area contributed by atoms with Crippen molar-refractivity contribution in [1.82, 2.24) is 14.9 Å². The quantitative estimate of drug-likeness (QED) is 0.412. The number of para-hydroxylation sites is 3. The molecular formula is C29H24N4O4. The third-order valence-electron chi connectivity index (χ3n) is 6.99. The lowest BCUT2D eigenvalue weighted by atomic mass is 9.95. The van der Waals surface area contributed by atoms with Crippen molar-refractivity contribution in [2.24, 2.45) is 5.73 Å². The second kappa shape index (κ2) is 9.05. The average Bonchev–Trinajstić information content (AvgIpc) is 3.50. The molecule has 3 N–H and O–H groups in total. The van der Waals surface area contributed by atoms with Gasteiger partial charge in [-0.3, -0.25) is 14.4 Å². The van der Waals surface area contributed by atoms with Crippen molar-refractivity contribution in [3.63, 3.8) is 0 Å². The topological polar surface area (TPSA) is 118 Å². The van der Waals surface area contributed by atoms with Crippen LogP contribution in [0.2, 0.25) is 0 Å². The van der Waals surface area contributed by atoms with E-state index in [1.165, 1.54) is 6.07 Å². The van der Waals surface area contributed by atoms with Crippen LogP contribution in [0.1, 0.15) is 61.2 Å². The second-order valence-corrected chi connectivity index (χ2v) is 9.31. The van der Waals surface area contributed by atoms with E-state index in [2.05, 4.69) is 4.98 Å². The monoisotopic (exact) mass is 492 g/mol. The molecule has 37 heavy (non-hydrogen) atoms. The van der Waals surface area contributed by atoms with Crippen LogP contribution in [0.4, 0.5) is 0 Å². The number of nitrogens with two attached hydrogens (primary N) is 1. The van der Waals surface area contributed by atoms with Crippen LogP contribution in [-0.2, 0) is 0 Å². The number of hydrogen-bond acceptors (Lipinski definition) is 5. The van der Waals surface area contributed by atoms with Gasteiger partial charge in [0.1, 0.15) is 5.82 Å². The number of H-pyrrole nitrogens is 1. The summed E-state index contributed by atoms with van der Waals surface area (Å²) in [7, 11) is 0. The molecule has 0 atom stereocenters. The zero-order valence-corrected chi connectivity index (χ0v) is 19.9. The molecule has 8 heteroatoms. The van der Waals surface area contributed by atoms with Gasteiger partial charge in [0.25, 0.3) is 11.8 Å². The molecule has 0 saturated carbocycles. The molecular weight excluding hydrogens is 468 g/mol. The van der Waals surface area contributed by atoms with E-state index in [4.69, 9.17) is 15.5 Å². The SMILES string of the molecule is NC(=O)c1cccc2c1O/C(=C\c1ccc(C(=O)N3CCC(c4nc5ccccc5[nH]4)CC3)cc1)C2=O. The highest BCUT2D eigenvalue weighted by atomic mass is 16.5. The molecule has 2 amide bonds. The smallest absolute Gasteiger partial charge is 0.253 e. The van der Waals surface area contributed by atoms with Crippen LogP contribution in [0.5, 0.6) is 5.75 Å².